The number of ether oxygens (including phenoxy) is 2. The van der Waals surface area contributed by atoms with Gasteiger partial charge in [-0.3, -0.25) is 0 Å². The van der Waals surface area contributed by atoms with Gasteiger partial charge in [-0.2, -0.15) is 0 Å². The molecule has 5 rings (SSSR count). The van der Waals surface area contributed by atoms with Crippen molar-refractivity contribution in [3.63, 3.8) is 0 Å². The Balaban J connectivity index is 1.22. The lowest BCUT2D eigenvalue weighted by Crippen LogP contribution is -2.02. The number of benzene rings is 2. The van der Waals surface area contributed by atoms with Crippen LogP contribution in [0.1, 0.15) is 54.7 Å². The van der Waals surface area contributed by atoms with E-state index in [1.165, 1.54) is 43.2 Å². The summed E-state index contributed by atoms with van der Waals surface area (Å²) in [6.45, 7) is 1.34. The second-order valence-corrected chi connectivity index (χ2v) is 7.89. The Morgan fingerprint density at radius 1 is 0.963 bits per heavy atom. The molecule has 0 spiro atoms. The van der Waals surface area contributed by atoms with Crippen molar-refractivity contribution < 1.29 is 9.47 Å². The predicted octanol–water partition coefficient (Wildman–Crippen LogP) is 5.56. The van der Waals surface area contributed by atoms with Gasteiger partial charge >= 0.3 is 0 Å². The zero-order chi connectivity index (χ0) is 18.1. The van der Waals surface area contributed by atoms with E-state index >= 15 is 0 Å². The van der Waals surface area contributed by atoms with Crippen LogP contribution < -0.4 is 4.74 Å². The van der Waals surface area contributed by atoms with Crippen LogP contribution in [0.4, 0.5) is 0 Å². The van der Waals surface area contributed by atoms with Crippen molar-refractivity contribution in [1.29, 1.82) is 0 Å². The minimum absolute atomic E-state index is 0.527. The van der Waals surface area contributed by atoms with Crippen LogP contribution in [-0.2, 0) is 4.74 Å². The van der Waals surface area contributed by atoms with Crippen LogP contribution in [-0.4, -0.2) is 19.1 Å². The molecule has 27 heavy (non-hydrogen) atoms. The van der Waals surface area contributed by atoms with Gasteiger partial charge in [0.05, 0.1) is 12.3 Å². The molecule has 1 aliphatic heterocycles. The molecule has 2 aromatic carbocycles. The van der Waals surface area contributed by atoms with Crippen LogP contribution in [0.2, 0.25) is 0 Å². The van der Waals surface area contributed by atoms with E-state index in [0.29, 0.717) is 12.5 Å². The Kier molecular flexibility index (Phi) is 4.44. The number of hydrogen-bond acceptors (Lipinski definition) is 3. The summed E-state index contributed by atoms with van der Waals surface area (Å²) in [5.74, 6) is 3.32. The largest absolute Gasteiger partial charge is 0.494 e. The summed E-state index contributed by atoms with van der Waals surface area (Å²) in [6.07, 6.45) is 8.71. The molecule has 0 aromatic heterocycles. The highest BCUT2D eigenvalue weighted by molar-refractivity contribution is 5.96. The van der Waals surface area contributed by atoms with Crippen LogP contribution in [0.15, 0.2) is 59.2 Å². The standard InChI is InChI=1S/C24H25NO2/c1-2-17(1)13-14-26-23-11-9-21(10-12-23)24-25-22(16-27-24)15-18-3-5-19(6-4-18)20-7-8-20/h3-6,9-12,15,17,20H,1-2,7-8,13-14,16H2/b22-15-. The van der Waals surface area contributed by atoms with Gasteiger partial charge in [-0.1, -0.05) is 37.1 Å². The van der Waals surface area contributed by atoms with Crippen molar-refractivity contribution in [3.8, 4) is 5.75 Å². The quantitative estimate of drug-likeness (QED) is 0.648. The van der Waals surface area contributed by atoms with Gasteiger partial charge in [0.2, 0.25) is 5.90 Å². The first kappa shape index (κ1) is 16.6. The Hall–Kier alpha value is -2.55. The molecule has 2 saturated carbocycles. The van der Waals surface area contributed by atoms with Crippen LogP contribution in [0, 0.1) is 5.92 Å². The number of hydrogen-bond donors (Lipinski definition) is 0. The number of rotatable bonds is 7. The highest BCUT2D eigenvalue weighted by Crippen LogP contribution is 2.40. The first-order valence-electron chi connectivity index (χ1n) is 10.1. The van der Waals surface area contributed by atoms with Gasteiger partial charge in [-0.25, -0.2) is 4.99 Å². The molecule has 0 radical (unpaired) electrons. The van der Waals surface area contributed by atoms with Crippen LogP contribution in [0.25, 0.3) is 6.08 Å². The molecule has 3 nitrogen and oxygen atoms in total. The van der Waals surface area contributed by atoms with Gasteiger partial charge < -0.3 is 9.47 Å². The van der Waals surface area contributed by atoms with E-state index < -0.39 is 0 Å². The molecule has 138 valence electrons. The fourth-order valence-corrected chi connectivity index (χ4v) is 3.48. The molecule has 3 aliphatic rings. The third-order valence-corrected chi connectivity index (χ3v) is 5.51. The van der Waals surface area contributed by atoms with Crippen LogP contribution in [0.5, 0.6) is 5.75 Å². The Morgan fingerprint density at radius 3 is 2.44 bits per heavy atom. The minimum Gasteiger partial charge on any atom is -0.494 e. The van der Waals surface area contributed by atoms with E-state index in [1.54, 1.807) is 0 Å². The molecule has 1 heterocycles. The maximum atomic E-state index is 5.81. The first-order valence-corrected chi connectivity index (χ1v) is 10.1. The lowest BCUT2D eigenvalue weighted by molar-refractivity contribution is 0.302. The lowest BCUT2D eigenvalue weighted by atomic mass is 10.1. The van der Waals surface area contributed by atoms with E-state index in [1.807, 2.05) is 24.3 Å². The third kappa shape index (κ3) is 4.24. The van der Waals surface area contributed by atoms with Gasteiger partial charge in [0.25, 0.3) is 0 Å². The summed E-state index contributed by atoms with van der Waals surface area (Å²) >= 11 is 0. The molecule has 0 bridgehead atoms. The molecule has 0 amide bonds. The molecule has 2 fully saturated rings. The molecule has 0 N–H and O–H groups in total. The smallest absolute Gasteiger partial charge is 0.221 e. The van der Waals surface area contributed by atoms with Gasteiger partial charge in [0.1, 0.15) is 12.4 Å². The van der Waals surface area contributed by atoms with E-state index in [-0.39, 0.29) is 0 Å². The SMILES string of the molecule is C(=C1\COC(c2ccc(OCCC3CC3)cc2)=N1)/c1ccc(C2CC2)cc1. The number of aliphatic imine (C=N–C) groups is 1. The first-order chi connectivity index (χ1) is 13.3. The van der Waals surface area contributed by atoms with Crippen molar-refractivity contribution in [3.05, 3.63) is 70.9 Å². The van der Waals surface area contributed by atoms with Gasteiger partial charge in [0.15, 0.2) is 0 Å². The molecule has 0 atom stereocenters. The van der Waals surface area contributed by atoms with E-state index in [2.05, 4.69) is 35.3 Å². The van der Waals surface area contributed by atoms with E-state index in [9.17, 15) is 0 Å². The van der Waals surface area contributed by atoms with Crippen molar-refractivity contribution in [2.24, 2.45) is 10.9 Å². The molecule has 0 saturated heterocycles. The van der Waals surface area contributed by atoms with Gasteiger partial charge in [0, 0.05) is 5.56 Å². The monoisotopic (exact) mass is 359 g/mol. The van der Waals surface area contributed by atoms with Gasteiger partial charge in [-0.05, 0) is 72.6 Å². The molecular weight excluding hydrogens is 334 g/mol. The minimum atomic E-state index is 0.527. The summed E-state index contributed by atoms with van der Waals surface area (Å²) in [4.78, 5) is 4.66. The third-order valence-electron chi connectivity index (χ3n) is 5.51. The molecule has 2 aromatic rings. The molecule has 3 heteroatoms. The van der Waals surface area contributed by atoms with Crippen LogP contribution >= 0.6 is 0 Å². The van der Waals surface area contributed by atoms with Crippen molar-refractivity contribution in [1.82, 2.24) is 0 Å². The van der Waals surface area contributed by atoms with Gasteiger partial charge in [-0.15, -0.1) is 0 Å². The molecular formula is C24H25NO2. The second kappa shape index (κ2) is 7.22. The summed E-state index contributed by atoms with van der Waals surface area (Å²) < 4.78 is 11.6. The maximum absolute atomic E-state index is 5.81. The number of nitrogens with zero attached hydrogens (tertiary/aromatic N) is 1. The molecule has 0 unspecified atom stereocenters. The lowest BCUT2D eigenvalue weighted by Gasteiger charge is -2.06. The summed E-state index contributed by atoms with van der Waals surface area (Å²) in [5, 5.41) is 0. The summed E-state index contributed by atoms with van der Waals surface area (Å²) in [6, 6.07) is 16.9. The van der Waals surface area contributed by atoms with Crippen LogP contribution in [0.3, 0.4) is 0 Å². The van der Waals surface area contributed by atoms with Crippen molar-refractivity contribution in [2.75, 3.05) is 13.2 Å². The average Bonchev–Trinajstić information content (AvgIpc) is 3.63. The predicted molar refractivity (Wildman–Crippen MR) is 108 cm³/mol. The Bertz CT molecular complexity index is 856. The van der Waals surface area contributed by atoms with Crippen molar-refractivity contribution in [2.45, 2.75) is 38.0 Å². The summed E-state index contributed by atoms with van der Waals surface area (Å²) in [5.41, 5.74) is 4.61. The zero-order valence-electron chi connectivity index (χ0n) is 15.6. The Labute approximate surface area is 160 Å². The topological polar surface area (TPSA) is 30.8 Å². The summed E-state index contributed by atoms with van der Waals surface area (Å²) in [7, 11) is 0. The van der Waals surface area contributed by atoms with E-state index in [0.717, 1.165) is 35.5 Å². The van der Waals surface area contributed by atoms with E-state index in [4.69, 9.17) is 9.47 Å². The second-order valence-electron chi connectivity index (χ2n) is 7.89. The maximum Gasteiger partial charge on any atom is 0.221 e. The highest BCUT2D eigenvalue weighted by Gasteiger charge is 2.23. The average molecular weight is 359 g/mol. The fraction of sp³-hybridized carbons (Fsp3) is 0.375. The normalized spacial score (nSPS) is 20.4. The highest BCUT2D eigenvalue weighted by atomic mass is 16.5. The van der Waals surface area contributed by atoms with Crippen molar-refractivity contribution >= 4 is 12.0 Å². The Morgan fingerprint density at radius 2 is 1.74 bits per heavy atom. The fourth-order valence-electron chi connectivity index (χ4n) is 3.48. The molecule has 2 aliphatic carbocycles. The zero-order valence-corrected chi connectivity index (χ0v) is 15.6.